The summed E-state index contributed by atoms with van der Waals surface area (Å²) in [6.07, 6.45) is 0.202. The molecule has 3 heteroatoms. The van der Waals surface area contributed by atoms with Crippen LogP contribution in [0.2, 0.25) is 0 Å². The first-order valence-corrected chi connectivity index (χ1v) is 9.41. The lowest BCUT2D eigenvalue weighted by molar-refractivity contribution is 0.242. The second-order valence-corrected chi connectivity index (χ2v) is 6.83. The lowest BCUT2D eigenvalue weighted by atomic mass is 10.2. The van der Waals surface area contributed by atoms with E-state index in [1.807, 2.05) is 56.3 Å². The fourth-order valence-electron chi connectivity index (χ4n) is 2.75. The smallest absolute Gasteiger partial charge is 0.119 e. The first kappa shape index (κ1) is 19.0. The molecule has 0 aliphatic carbocycles. The summed E-state index contributed by atoms with van der Waals surface area (Å²) in [5.74, 6) is 1.81. The van der Waals surface area contributed by atoms with E-state index in [0.717, 1.165) is 24.6 Å². The van der Waals surface area contributed by atoms with Gasteiger partial charge in [0.2, 0.25) is 0 Å². The van der Waals surface area contributed by atoms with Crippen LogP contribution in [0.15, 0.2) is 78.9 Å². The van der Waals surface area contributed by atoms with Crippen molar-refractivity contribution in [2.45, 2.75) is 39.6 Å². The van der Waals surface area contributed by atoms with Gasteiger partial charge in [-0.3, -0.25) is 0 Å². The Bertz CT molecular complexity index is 796. The normalized spacial score (nSPS) is 10.8. The van der Waals surface area contributed by atoms with Crippen LogP contribution in [0.25, 0.3) is 0 Å². The van der Waals surface area contributed by atoms with Crippen molar-refractivity contribution in [1.29, 1.82) is 0 Å². The van der Waals surface area contributed by atoms with Crippen LogP contribution in [-0.4, -0.2) is 6.10 Å². The standard InChI is InChI=1S/C24H27NO2/c1-19(2)27-24-14-10-21(11-15-24)17-25-16-20-8-12-23(13-9-20)26-18-22-6-4-3-5-7-22/h3-15,19,25H,16-18H2,1-2H3. The van der Waals surface area contributed by atoms with Crippen LogP contribution in [0.3, 0.4) is 0 Å². The molecule has 0 aromatic heterocycles. The van der Waals surface area contributed by atoms with E-state index >= 15 is 0 Å². The largest absolute Gasteiger partial charge is 0.491 e. The lowest BCUT2D eigenvalue weighted by Crippen LogP contribution is -2.12. The Morgan fingerprint density at radius 1 is 0.667 bits per heavy atom. The van der Waals surface area contributed by atoms with Crippen molar-refractivity contribution in [3.63, 3.8) is 0 Å². The molecule has 27 heavy (non-hydrogen) atoms. The van der Waals surface area contributed by atoms with E-state index in [4.69, 9.17) is 9.47 Å². The number of rotatable bonds is 9. The SMILES string of the molecule is CC(C)Oc1ccc(CNCc2ccc(OCc3ccccc3)cc2)cc1. The van der Waals surface area contributed by atoms with Crippen LogP contribution in [0.5, 0.6) is 11.5 Å². The number of benzene rings is 3. The van der Waals surface area contributed by atoms with Gasteiger partial charge >= 0.3 is 0 Å². The van der Waals surface area contributed by atoms with Crippen molar-refractivity contribution >= 4 is 0 Å². The molecule has 0 radical (unpaired) electrons. The summed E-state index contributed by atoms with van der Waals surface area (Å²) in [6.45, 7) is 6.31. The molecule has 0 bridgehead atoms. The second kappa shape index (κ2) is 9.79. The Kier molecular flexibility index (Phi) is 6.89. The van der Waals surface area contributed by atoms with Crippen molar-refractivity contribution in [3.05, 3.63) is 95.6 Å². The van der Waals surface area contributed by atoms with Gasteiger partial charge in [-0.15, -0.1) is 0 Å². The van der Waals surface area contributed by atoms with Gasteiger partial charge in [0.1, 0.15) is 18.1 Å². The maximum Gasteiger partial charge on any atom is 0.119 e. The molecule has 0 aliphatic rings. The third-order valence-corrected chi connectivity index (χ3v) is 4.13. The number of hydrogen-bond donors (Lipinski definition) is 1. The summed E-state index contributed by atoms with van der Waals surface area (Å²) < 4.78 is 11.5. The van der Waals surface area contributed by atoms with Gasteiger partial charge in [-0.05, 0) is 54.8 Å². The quantitative estimate of drug-likeness (QED) is 0.558. The van der Waals surface area contributed by atoms with Gasteiger partial charge < -0.3 is 14.8 Å². The van der Waals surface area contributed by atoms with Gasteiger partial charge in [-0.1, -0.05) is 54.6 Å². The van der Waals surface area contributed by atoms with Gasteiger partial charge in [0.25, 0.3) is 0 Å². The fraction of sp³-hybridized carbons (Fsp3) is 0.250. The average Bonchev–Trinajstić information content (AvgIpc) is 2.69. The monoisotopic (exact) mass is 361 g/mol. The van der Waals surface area contributed by atoms with E-state index in [-0.39, 0.29) is 6.10 Å². The molecule has 3 nitrogen and oxygen atoms in total. The van der Waals surface area contributed by atoms with Crippen LogP contribution >= 0.6 is 0 Å². The molecule has 140 valence electrons. The van der Waals surface area contributed by atoms with E-state index in [0.29, 0.717) is 6.61 Å². The van der Waals surface area contributed by atoms with E-state index < -0.39 is 0 Å². The predicted molar refractivity (Wildman–Crippen MR) is 110 cm³/mol. The second-order valence-electron chi connectivity index (χ2n) is 6.83. The highest BCUT2D eigenvalue weighted by atomic mass is 16.5. The number of hydrogen-bond acceptors (Lipinski definition) is 3. The minimum absolute atomic E-state index is 0.202. The third kappa shape index (κ3) is 6.46. The Labute approximate surface area is 162 Å². The van der Waals surface area contributed by atoms with E-state index in [2.05, 4.69) is 41.7 Å². The van der Waals surface area contributed by atoms with Crippen molar-refractivity contribution in [3.8, 4) is 11.5 Å². The molecule has 0 heterocycles. The van der Waals surface area contributed by atoms with Crippen LogP contribution in [0, 0.1) is 0 Å². The lowest BCUT2D eigenvalue weighted by Gasteiger charge is -2.11. The van der Waals surface area contributed by atoms with Gasteiger partial charge in [0.05, 0.1) is 6.10 Å². The zero-order chi connectivity index (χ0) is 18.9. The molecule has 0 unspecified atom stereocenters. The average molecular weight is 361 g/mol. The van der Waals surface area contributed by atoms with Crippen LogP contribution < -0.4 is 14.8 Å². The Balaban J connectivity index is 1.42. The Morgan fingerprint density at radius 2 is 1.22 bits per heavy atom. The zero-order valence-corrected chi connectivity index (χ0v) is 16.0. The minimum Gasteiger partial charge on any atom is -0.491 e. The first-order valence-electron chi connectivity index (χ1n) is 9.41. The summed E-state index contributed by atoms with van der Waals surface area (Å²) in [5, 5.41) is 3.47. The molecular weight excluding hydrogens is 334 g/mol. The first-order chi connectivity index (χ1) is 13.2. The molecule has 0 atom stereocenters. The summed E-state index contributed by atoms with van der Waals surface area (Å²) in [5.41, 5.74) is 3.66. The van der Waals surface area contributed by atoms with Gasteiger partial charge in [-0.25, -0.2) is 0 Å². The molecule has 0 aliphatic heterocycles. The highest BCUT2D eigenvalue weighted by Gasteiger charge is 2.00. The maximum atomic E-state index is 5.83. The topological polar surface area (TPSA) is 30.5 Å². The molecule has 0 fully saturated rings. The van der Waals surface area contributed by atoms with Crippen LogP contribution in [0.4, 0.5) is 0 Å². The zero-order valence-electron chi connectivity index (χ0n) is 16.0. The van der Waals surface area contributed by atoms with Crippen LogP contribution in [0.1, 0.15) is 30.5 Å². The molecule has 0 amide bonds. The van der Waals surface area contributed by atoms with Gasteiger partial charge in [-0.2, -0.15) is 0 Å². The summed E-state index contributed by atoms with van der Waals surface area (Å²) in [6, 6.07) is 26.7. The summed E-state index contributed by atoms with van der Waals surface area (Å²) in [4.78, 5) is 0. The fourth-order valence-corrected chi connectivity index (χ4v) is 2.75. The van der Waals surface area contributed by atoms with Crippen molar-refractivity contribution < 1.29 is 9.47 Å². The highest BCUT2D eigenvalue weighted by molar-refractivity contribution is 5.29. The molecule has 1 N–H and O–H groups in total. The Hall–Kier alpha value is -2.78. The summed E-state index contributed by atoms with van der Waals surface area (Å²) >= 11 is 0. The molecule has 3 aromatic carbocycles. The van der Waals surface area contributed by atoms with E-state index in [1.54, 1.807) is 0 Å². The molecule has 3 aromatic rings. The molecule has 0 saturated carbocycles. The van der Waals surface area contributed by atoms with Crippen molar-refractivity contribution in [1.82, 2.24) is 5.32 Å². The van der Waals surface area contributed by atoms with Crippen molar-refractivity contribution in [2.24, 2.45) is 0 Å². The number of nitrogens with one attached hydrogen (secondary N) is 1. The van der Waals surface area contributed by atoms with E-state index in [9.17, 15) is 0 Å². The molecule has 0 saturated heterocycles. The number of ether oxygens (including phenoxy) is 2. The third-order valence-electron chi connectivity index (χ3n) is 4.13. The minimum atomic E-state index is 0.202. The van der Waals surface area contributed by atoms with Gasteiger partial charge in [0, 0.05) is 13.1 Å². The molecule has 0 spiro atoms. The molecule has 3 rings (SSSR count). The molecular formula is C24H27NO2. The maximum absolute atomic E-state index is 5.83. The van der Waals surface area contributed by atoms with E-state index in [1.165, 1.54) is 16.7 Å². The van der Waals surface area contributed by atoms with Crippen molar-refractivity contribution in [2.75, 3.05) is 0 Å². The van der Waals surface area contributed by atoms with Gasteiger partial charge in [0.15, 0.2) is 0 Å². The predicted octanol–water partition coefficient (Wildman–Crippen LogP) is 5.34. The summed E-state index contributed by atoms with van der Waals surface area (Å²) in [7, 11) is 0. The highest BCUT2D eigenvalue weighted by Crippen LogP contribution is 2.15. The Morgan fingerprint density at radius 3 is 1.78 bits per heavy atom. The van der Waals surface area contributed by atoms with Crippen LogP contribution in [-0.2, 0) is 19.7 Å².